The van der Waals surface area contributed by atoms with E-state index in [0.29, 0.717) is 11.1 Å². The van der Waals surface area contributed by atoms with Gasteiger partial charge in [-0.25, -0.2) is 4.98 Å². The van der Waals surface area contributed by atoms with Gasteiger partial charge in [-0.15, -0.1) is 0 Å². The van der Waals surface area contributed by atoms with Crippen LogP contribution in [0.25, 0.3) is 5.65 Å². The molecule has 1 amide bonds. The lowest BCUT2D eigenvalue weighted by molar-refractivity contribution is 0.0627. The lowest BCUT2D eigenvalue weighted by Crippen LogP contribution is -2.48. The zero-order chi connectivity index (χ0) is 22.0. The van der Waals surface area contributed by atoms with Crippen LogP contribution in [0.1, 0.15) is 36.8 Å². The van der Waals surface area contributed by atoms with Crippen LogP contribution in [-0.4, -0.2) is 63.9 Å². The van der Waals surface area contributed by atoms with Crippen LogP contribution in [0, 0.1) is 0 Å². The average Bonchev–Trinajstić information content (AvgIpc) is 3.16. The molecule has 7 heteroatoms. The predicted molar refractivity (Wildman–Crippen MR) is 126 cm³/mol. The second-order valence-electron chi connectivity index (χ2n) is 8.34. The summed E-state index contributed by atoms with van der Waals surface area (Å²) in [6.45, 7) is 11.4. The summed E-state index contributed by atoms with van der Waals surface area (Å²) in [5.74, 6) is 0.112. The Morgan fingerprint density at radius 1 is 1.06 bits per heavy atom. The van der Waals surface area contributed by atoms with Crippen LogP contribution < -0.4 is 4.90 Å². The second kappa shape index (κ2) is 9.28. The molecule has 0 aliphatic carbocycles. The van der Waals surface area contributed by atoms with E-state index in [9.17, 15) is 4.79 Å². The number of hydrogen-bond acceptors (Lipinski definition) is 4. The summed E-state index contributed by atoms with van der Waals surface area (Å²) in [5.41, 5.74) is 3.83. The van der Waals surface area contributed by atoms with Crippen molar-refractivity contribution in [3.8, 4) is 0 Å². The topological polar surface area (TPSA) is 44.1 Å². The van der Waals surface area contributed by atoms with E-state index in [-0.39, 0.29) is 5.91 Å². The highest BCUT2D eigenvalue weighted by atomic mass is 35.5. The minimum atomic E-state index is 0.112. The number of benzene rings is 1. The van der Waals surface area contributed by atoms with Gasteiger partial charge in [-0.05, 0) is 57.2 Å². The van der Waals surface area contributed by atoms with Crippen molar-refractivity contribution < 1.29 is 4.79 Å². The third kappa shape index (κ3) is 4.86. The van der Waals surface area contributed by atoms with Crippen molar-refractivity contribution in [1.82, 2.24) is 19.2 Å². The van der Waals surface area contributed by atoms with E-state index in [1.165, 1.54) is 0 Å². The van der Waals surface area contributed by atoms with Gasteiger partial charge in [0, 0.05) is 69.0 Å². The SMILES string of the molecule is CCN(c1ccc(C(=O)N2CCN(Cc3cn4cc(Cl)ccc4n3)CC2)cc1)C(C)C. The summed E-state index contributed by atoms with van der Waals surface area (Å²) in [6, 6.07) is 12.2. The number of imidazole rings is 1. The Morgan fingerprint density at radius 3 is 2.42 bits per heavy atom. The van der Waals surface area contributed by atoms with Crippen LogP contribution in [0.5, 0.6) is 0 Å². The third-order valence-electron chi connectivity index (χ3n) is 5.92. The number of amides is 1. The maximum atomic E-state index is 13.0. The largest absolute Gasteiger partial charge is 0.369 e. The molecule has 0 atom stereocenters. The van der Waals surface area contributed by atoms with Gasteiger partial charge in [0.1, 0.15) is 5.65 Å². The number of pyridine rings is 1. The Labute approximate surface area is 189 Å². The monoisotopic (exact) mass is 439 g/mol. The molecule has 0 spiro atoms. The Bertz CT molecular complexity index is 1040. The van der Waals surface area contributed by atoms with Crippen LogP contribution in [-0.2, 0) is 6.54 Å². The maximum Gasteiger partial charge on any atom is 0.253 e. The van der Waals surface area contributed by atoms with E-state index in [1.807, 2.05) is 46.0 Å². The minimum absolute atomic E-state index is 0.112. The van der Waals surface area contributed by atoms with Crippen molar-refractivity contribution in [2.45, 2.75) is 33.4 Å². The number of anilines is 1. The number of rotatable bonds is 6. The first-order chi connectivity index (χ1) is 14.9. The highest BCUT2D eigenvalue weighted by molar-refractivity contribution is 6.30. The van der Waals surface area contributed by atoms with Gasteiger partial charge in [-0.1, -0.05) is 11.6 Å². The van der Waals surface area contributed by atoms with E-state index < -0.39 is 0 Å². The Balaban J connectivity index is 1.34. The van der Waals surface area contributed by atoms with Crippen LogP contribution in [0.4, 0.5) is 5.69 Å². The quantitative estimate of drug-likeness (QED) is 0.578. The number of piperazine rings is 1. The van der Waals surface area contributed by atoms with Gasteiger partial charge in [0.05, 0.1) is 10.7 Å². The fraction of sp³-hybridized carbons (Fsp3) is 0.417. The third-order valence-corrected chi connectivity index (χ3v) is 6.14. The first-order valence-corrected chi connectivity index (χ1v) is 11.3. The molecule has 1 aromatic carbocycles. The number of aromatic nitrogens is 2. The Hall–Kier alpha value is -2.57. The molecule has 164 valence electrons. The smallest absolute Gasteiger partial charge is 0.253 e. The summed E-state index contributed by atoms with van der Waals surface area (Å²) in [4.78, 5) is 24.3. The number of fused-ring (bicyclic) bond motifs is 1. The summed E-state index contributed by atoms with van der Waals surface area (Å²) < 4.78 is 1.96. The lowest BCUT2D eigenvalue weighted by atomic mass is 10.1. The molecule has 1 aliphatic rings. The van der Waals surface area contributed by atoms with Crippen molar-refractivity contribution >= 4 is 28.8 Å². The molecule has 0 radical (unpaired) electrons. The molecular formula is C24H30ClN5O. The molecule has 1 aliphatic heterocycles. The average molecular weight is 440 g/mol. The molecule has 3 heterocycles. The summed E-state index contributed by atoms with van der Waals surface area (Å²) >= 11 is 6.06. The number of carbonyl (C=O) groups excluding carboxylic acids is 1. The fourth-order valence-electron chi connectivity index (χ4n) is 4.26. The van der Waals surface area contributed by atoms with Crippen LogP contribution in [0.2, 0.25) is 5.02 Å². The van der Waals surface area contributed by atoms with Gasteiger partial charge in [-0.3, -0.25) is 9.69 Å². The molecule has 1 saturated heterocycles. The molecule has 0 N–H and O–H groups in total. The van der Waals surface area contributed by atoms with Gasteiger partial charge in [0.15, 0.2) is 0 Å². The molecule has 6 nitrogen and oxygen atoms in total. The highest BCUT2D eigenvalue weighted by Gasteiger charge is 2.23. The Kier molecular flexibility index (Phi) is 6.49. The van der Waals surface area contributed by atoms with Crippen LogP contribution in [0.15, 0.2) is 48.8 Å². The lowest BCUT2D eigenvalue weighted by Gasteiger charge is -2.34. The van der Waals surface area contributed by atoms with Crippen molar-refractivity contribution in [1.29, 1.82) is 0 Å². The maximum absolute atomic E-state index is 13.0. The first-order valence-electron chi connectivity index (χ1n) is 11.0. The van der Waals surface area contributed by atoms with E-state index in [1.54, 1.807) is 0 Å². The van der Waals surface area contributed by atoms with E-state index in [0.717, 1.165) is 61.9 Å². The van der Waals surface area contributed by atoms with Crippen LogP contribution >= 0.6 is 11.6 Å². The number of carbonyl (C=O) groups is 1. The van der Waals surface area contributed by atoms with E-state index in [4.69, 9.17) is 11.6 Å². The zero-order valence-corrected chi connectivity index (χ0v) is 19.2. The number of halogens is 1. The number of hydrogen-bond donors (Lipinski definition) is 0. The molecule has 4 rings (SSSR count). The highest BCUT2D eigenvalue weighted by Crippen LogP contribution is 2.19. The van der Waals surface area contributed by atoms with Gasteiger partial charge in [0.25, 0.3) is 5.91 Å². The van der Waals surface area contributed by atoms with Crippen LogP contribution in [0.3, 0.4) is 0 Å². The summed E-state index contributed by atoms with van der Waals surface area (Å²) in [7, 11) is 0. The second-order valence-corrected chi connectivity index (χ2v) is 8.78. The van der Waals surface area contributed by atoms with Gasteiger partial charge in [0.2, 0.25) is 0 Å². The molecule has 0 saturated carbocycles. The van der Waals surface area contributed by atoms with Crippen molar-refractivity contribution in [2.75, 3.05) is 37.6 Å². The molecule has 31 heavy (non-hydrogen) atoms. The molecule has 1 fully saturated rings. The van der Waals surface area contributed by atoms with E-state index in [2.05, 4.69) is 47.7 Å². The molecule has 3 aromatic rings. The summed E-state index contributed by atoms with van der Waals surface area (Å²) in [5, 5.41) is 0.697. The van der Waals surface area contributed by atoms with Gasteiger partial charge < -0.3 is 14.2 Å². The zero-order valence-electron chi connectivity index (χ0n) is 18.5. The molecule has 0 bridgehead atoms. The normalized spacial score (nSPS) is 15.1. The minimum Gasteiger partial charge on any atom is -0.369 e. The Morgan fingerprint density at radius 2 is 1.77 bits per heavy atom. The molecule has 0 unspecified atom stereocenters. The van der Waals surface area contributed by atoms with Gasteiger partial charge >= 0.3 is 0 Å². The first kappa shape index (κ1) is 21.7. The van der Waals surface area contributed by atoms with Crippen molar-refractivity contribution in [2.24, 2.45) is 0 Å². The molecule has 2 aromatic heterocycles. The van der Waals surface area contributed by atoms with Crippen molar-refractivity contribution in [3.63, 3.8) is 0 Å². The fourth-order valence-corrected chi connectivity index (χ4v) is 4.42. The summed E-state index contributed by atoms with van der Waals surface area (Å²) in [6.07, 6.45) is 3.90. The number of nitrogens with zero attached hydrogens (tertiary/aromatic N) is 5. The molecular weight excluding hydrogens is 410 g/mol. The van der Waals surface area contributed by atoms with E-state index >= 15 is 0 Å². The standard InChI is InChI=1S/C24H30ClN5O/c1-4-30(18(2)3)22-8-5-19(6-9-22)24(31)28-13-11-27(12-14-28)16-21-17-29-15-20(25)7-10-23(29)26-21/h5-10,15,17-18H,4,11-14,16H2,1-3H3. The van der Waals surface area contributed by atoms with Gasteiger partial charge in [-0.2, -0.15) is 0 Å². The van der Waals surface area contributed by atoms with Crippen molar-refractivity contribution in [3.05, 3.63) is 65.1 Å². The predicted octanol–water partition coefficient (Wildman–Crippen LogP) is 4.18.